The zero-order valence-electron chi connectivity index (χ0n) is 11.9. The van der Waals surface area contributed by atoms with E-state index < -0.39 is 5.41 Å². The molecule has 0 spiro atoms. The third kappa shape index (κ3) is 2.85. The van der Waals surface area contributed by atoms with Gasteiger partial charge in [0.05, 0.1) is 16.6 Å². The first kappa shape index (κ1) is 15.0. The molecule has 20 heavy (non-hydrogen) atoms. The Labute approximate surface area is 124 Å². The van der Waals surface area contributed by atoms with Gasteiger partial charge in [-0.3, -0.25) is 4.79 Å². The van der Waals surface area contributed by atoms with Crippen molar-refractivity contribution in [1.29, 1.82) is 0 Å². The Kier molecular flexibility index (Phi) is 4.42. The Balaban J connectivity index is 2.11. The Morgan fingerprint density at radius 1 is 1.50 bits per heavy atom. The van der Waals surface area contributed by atoms with Crippen molar-refractivity contribution in [2.24, 2.45) is 11.1 Å². The number of nitrogens with one attached hydrogen (secondary N) is 1. The van der Waals surface area contributed by atoms with Gasteiger partial charge < -0.3 is 15.5 Å². The van der Waals surface area contributed by atoms with Crippen LogP contribution < -0.4 is 11.1 Å². The summed E-state index contributed by atoms with van der Waals surface area (Å²) in [6, 6.07) is -0.288. The van der Waals surface area contributed by atoms with Gasteiger partial charge in [-0.05, 0) is 26.7 Å². The topological polar surface area (TPSA) is 81.2 Å². The van der Waals surface area contributed by atoms with Crippen LogP contribution in [0.3, 0.4) is 0 Å². The normalized spacial score (nSPS) is 19.3. The molecule has 1 unspecified atom stereocenters. The molecule has 1 amide bonds. The van der Waals surface area contributed by atoms with Gasteiger partial charge in [0.2, 0.25) is 11.8 Å². The molecule has 0 aliphatic heterocycles. The molecule has 5 nitrogen and oxygen atoms in total. The highest BCUT2D eigenvalue weighted by Gasteiger charge is 2.43. The van der Waals surface area contributed by atoms with Crippen LogP contribution in [0.25, 0.3) is 0 Å². The van der Waals surface area contributed by atoms with Crippen molar-refractivity contribution in [2.45, 2.75) is 52.0 Å². The van der Waals surface area contributed by atoms with E-state index in [4.69, 9.17) is 22.4 Å². The molecular weight excluding hydrogens is 274 g/mol. The first-order valence-corrected chi connectivity index (χ1v) is 7.40. The van der Waals surface area contributed by atoms with E-state index in [2.05, 4.69) is 10.3 Å². The van der Waals surface area contributed by atoms with E-state index in [0.29, 0.717) is 10.9 Å². The number of hydrogen-bond acceptors (Lipinski definition) is 4. The molecule has 110 valence electrons. The maximum atomic E-state index is 12.6. The van der Waals surface area contributed by atoms with Crippen molar-refractivity contribution < 1.29 is 9.21 Å². The number of nitrogens with two attached hydrogens (primary N) is 1. The van der Waals surface area contributed by atoms with E-state index >= 15 is 0 Å². The van der Waals surface area contributed by atoms with Gasteiger partial charge in [0.15, 0.2) is 0 Å². The molecule has 1 atom stereocenters. The van der Waals surface area contributed by atoms with E-state index in [-0.39, 0.29) is 11.9 Å². The van der Waals surface area contributed by atoms with Gasteiger partial charge in [-0.15, -0.1) is 0 Å². The fraction of sp³-hybridized carbons (Fsp3) is 0.643. The second-order valence-corrected chi connectivity index (χ2v) is 5.95. The lowest BCUT2D eigenvalue weighted by Crippen LogP contribution is -2.50. The van der Waals surface area contributed by atoms with Gasteiger partial charge >= 0.3 is 0 Å². The zero-order chi connectivity index (χ0) is 14.8. The number of rotatable bonds is 4. The maximum absolute atomic E-state index is 12.6. The largest absolute Gasteiger partial charge is 0.444 e. The van der Waals surface area contributed by atoms with Crippen molar-refractivity contribution in [3.05, 3.63) is 17.8 Å². The first-order valence-electron chi connectivity index (χ1n) is 6.99. The van der Waals surface area contributed by atoms with Crippen LogP contribution in [-0.4, -0.2) is 15.9 Å². The lowest BCUT2D eigenvalue weighted by molar-refractivity contribution is -0.129. The summed E-state index contributed by atoms with van der Waals surface area (Å²) >= 11 is 5.16. The average Bonchev–Trinajstić information content (AvgIpc) is 2.86. The van der Waals surface area contributed by atoms with Crippen LogP contribution in [0.4, 0.5) is 0 Å². The summed E-state index contributed by atoms with van der Waals surface area (Å²) < 4.78 is 5.44. The summed E-state index contributed by atoms with van der Waals surface area (Å²) in [7, 11) is 0. The number of carbonyl (C=O) groups excluding carboxylic acids is 1. The first-order chi connectivity index (χ1) is 9.45. The van der Waals surface area contributed by atoms with E-state index in [1.165, 1.54) is 0 Å². The number of hydrogen-bond donors (Lipinski definition) is 2. The molecule has 2 rings (SSSR count). The fourth-order valence-electron chi connectivity index (χ4n) is 2.71. The van der Waals surface area contributed by atoms with Gasteiger partial charge in [0, 0.05) is 0 Å². The van der Waals surface area contributed by atoms with Crippen molar-refractivity contribution in [1.82, 2.24) is 10.3 Å². The predicted octanol–water partition coefficient (Wildman–Crippen LogP) is 2.40. The van der Waals surface area contributed by atoms with Crippen molar-refractivity contribution in [3.8, 4) is 0 Å². The minimum Gasteiger partial charge on any atom is -0.444 e. The molecule has 0 radical (unpaired) electrons. The van der Waals surface area contributed by atoms with Gasteiger partial charge in [-0.1, -0.05) is 31.5 Å². The summed E-state index contributed by atoms with van der Waals surface area (Å²) in [6.45, 7) is 3.67. The minimum absolute atomic E-state index is 0.104. The maximum Gasteiger partial charge on any atom is 0.233 e. The third-order valence-corrected chi connectivity index (χ3v) is 4.36. The summed E-state index contributed by atoms with van der Waals surface area (Å²) in [5.41, 5.74) is 5.15. The number of aryl methyl sites for hydroxylation is 1. The Hall–Kier alpha value is -1.43. The fourth-order valence-corrected chi connectivity index (χ4v) is 3.01. The SMILES string of the molecule is Cc1cnc(C(C)NC(=O)C2(C(N)=S)CCCCC2)o1. The molecule has 6 heteroatoms. The van der Waals surface area contributed by atoms with Crippen LogP contribution in [0.1, 0.15) is 56.7 Å². The molecule has 0 bridgehead atoms. The van der Waals surface area contributed by atoms with E-state index in [1.807, 2.05) is 13.8 Å². The summed E-state index contributed by atoms with van der Waals surface area (Å²) in [5.74, 6) is 1.13. The van der Waals surface area contributed by atoms with E-state index in [9.17, 15) is 4.79 Å². The van der Waals surface area contributed by atoms with Crippen molar-refractivity contribution in [3.63, 3.8) is 0 Å². The van der Waals surface area contributed by atoms with Crippen LogP contribution in [0.15, 0.2) is 10.6 Å². The molecule has 0 aromatic carbocycles. The number of aromatic nitrogens is 1. The molecule has 1 aliphatic rings. The van der Waals surface area contributed by atoms with Crippen LogP contribution in [0, 0.1) is 12.3 Å². The highest BCUT2D eigenvalue weighted by Crippen LogP contribution is 2.37. The van der Waals surface area contributed by atoms with Crippen LogP contribution in [-0.2, 0) is 4.79 Å². The second-order valence-electron chi connectivity index (χ2n) is 5.51. The smallest absolute Gasteiger partial charge is 0.233 e. The van der Waals surface area contributed by atoms with Gasteiger partial charge in [-0.2, -0.15) is 0 Å². The molecule has 1 aromatic heterocycles. The van der Waals surface area contributed by atoms with Crippen LogP contribution in [0.5, 0.6) is 0 Å². The molecule has 0 saturated heterocycles. The molecule has 1 saturated carbocycles. The highest BCUT2D eigenvalue weighted by atomic mass is 32.1. The molecule has 3 N–H and O–H groups in total. The lowest BCUT2D eigenvalue weighted by Gasteiger charge is -2.35. The van der Waals surface area contributed by atoms with Crippen molar-refractivity contribution >= 4 is 23.1 Å². The van der Waals surface area contributed by atoms with Gasteiger partial charge in [-0.25, -0.2) is 4.98 Å². The molecule has 1 heterocycles. The molecule has 1 aliphatic carbocycles. The number of nitrogens with zero attached hydrogens (tertiary/aromatic N) is 1. The van der Waals surface area contributed by atoms with Gasteiger partial charge in [0.25, 0.3) is 0 Å². The second kappa shape index (κ2) is 5.91. The van der Waals surface area contributed by atoms with Gasteiger partial charge in [0.1, 0.15) is 11.8 Å². The molecular formula is C14H21N3O2S. The summed E-state index contributed by atoms with van der Waals surface area (Å²) in [5, 5.41) is 2.94. The standard InChI is InChI=1S/C14H21N3O2S/c1-9-8-16-11(19-9)10(2)17-13(18)14(12(15)20)6-4-3-5-7-14/h8,10H,3-7H2,1-2H3,(H2,15,20)(H,17,18). The molecule has 1 aromatic rings. The Bertz CT molecular complexity index is 506. The summed E-state index contributed by atoms with van der Waals surface area (Å²) in [4.78, 5) is 17.0. The predicted molar refractivity (Wildman–Crippen MR) is 80.1 cm³/mol. The molecule has 1 fully saturated rings. The highest BCUT2D eigenvalue weighted by molar-refractivity contribution is 7.80. The van der Waals surface area contributed by atoms with E-state index in [1.54, 1.807) is 6.20 Å². The Morgan fingerprint density at radius 3 is 2.65 bits per heavy atom. The summed E-state index contributed by atoms with van der Waals surface area (Å²) in [6.07, 6.45) is 6.19. The Morgan fingerprint density at radius 2 is 2.15 bits per heavy atom. The average molecular weight is 295 g/mol. The number of amides is 1. The van der Waals surface area contributed by atoms with Crippen LogP contribution >= 0.6 is 12.2 Å². The minimum atomic E-state index is -0.705. The van der Waals surface area contributed by atoms with Crippen LogP contribution in [0.2, 0.25) is 0 Å². The number of thiocarbonyl (C=S) groups is 1. The lowest BCUT2D eigenvalue weighted by atomic mass is 9.73. The zero-order valence-corrected chi connectivity index (χ0v) is 12.8. The number of oxazole rings is 1. The quantitative estimate of drug-likeness (QED) is 0.834. The monoisotopic (exact) mass is 295 g/mol. The third-order valence-electron chi connectivity index (χ3n) is 3.97. The van der Waals surface area contributed by atoms with E-state index in [0.717, 1.165) is 37.9 Å². The number of carbonyl (C=O) groups is 1. The van der Waals surface area contributed by atoms with Crippen molar-refractivity contribution in [2.75, 3.05) is 0 Å².